The average Bonchev–Trinajstić information content (AvgIpc) is 3.13. The van der Waals surface area contributed by atoms with E-state index < -0.39 is 0 Å². The molecule has 1 N–H and O–H groups in total. The number of amides is 1. The van der Waals surface area contributed by atoms with Crippen LogP contribution >= 0.6 is 23.8 Å². The van der Waals surface area contributed by atoms with Crippen molar-refractivity contribution in [2.24, 2.45) is 0 Å². The number of nitrogens with one attached hydrogen (secondary N) is 1. The molecule has 126 valence electrons. The number of piperazine rings is 1. The quantitative estimate of drug-likeness (QED) is 0.850. The Kier molecular flexibility index (Phi) is 5.37. The molecule has 1 saturated heterocycles. The summed E-state index contributed by atoms with van der Waals surface area (Å²) >= 11 is 11.5. The average molecular weight is 364 g/mol. The lowest BCUT2D eigenvalue weighted by Crippen LogP contribution is -2.53. The summed E-state index contributed by atoms with van der Waals surface area (Å²) in [7, 11) is 0. The van der Waals surface area contributed by atoms with Gasteiger partial charge in [0.25, 0.3) is 5.91 Å². The number of nitrogens with zero attached hydrogens (tertiary/aromatic N) is 2. The Morgan fingerprint density at radius 3 is 2.50 bits per heavy atom. The van der Waals surface area contributed by atoms with E-state index in [1.807, 2.05) is 29.2 Å². The SMILES string of the molecule is O=C(c1ccccc1Cl)N1CCN(C(=S)NCc2ccco2)CC1. The summed E-state index contributed by atoms with van der Waals surface area (Å²) in [5.41, 5.74) is 0.547. The first-order chi connectivity index (χ1) is 11.6. The van der Waals surface area contributed by atoms with Gasteiger partial charge in [0.05, 0.1) is 23.4 Å². The highest BCUT2D eigenvalue weighted by Gasteiger charge is 2.24. The first-order valence-corrected chi connectivity index (χ1v) is 8.53. The number of halogens is 1. The number of rotatable bonds is 3. The first kappa shape index (κ1) is 16.8. The number of hydrogen-bond donors (Lipinski definition) is 1. The standard InChI is InChI=1S/C17H18ClN3O2S/c18-15-6-2-1-5-14(15)16(22)20-7-9-21(10-8-20)17(24)19-12-13-4-3-11-23-13/h1-6,11H,7-10,12H2,(H,19,24). The zero-order chi connectivity index (χ0) is 16.9. The Bertz CT molecular complexity index is 712. The molecule has 2 aromatic rings. The van der Waals surface area contributed by atoms with E-state index in [2.05, 4.69) is 10.2 Å². The van der Waals surface area contributed by atoms with Crippen LogP contribution in [-0.2, 0) is 6.54 Å². The number of carbonyl (C=O) groups excluding carboxylic acids is 1. The zero-order valence-electron chi connectivity index (χ0n) is 13.1. The molecule has 0 bridgehead atoms. The van der Waals surface area contributed by atoms with Gasteiger partial charge >= 0.3 is 0 Å². The Hall–Kier alpha value is -2.05. The van der Waals surface area contributed by atoms with Crippen LogP contribution in [-0.4, -0.2) is 47.0 Å². The molecule has 1 aliphatic heterocycles. The fourth-order valence-electron chi connectivity index (χ4n) is 2.61. The van der Waals surface area contributed by atoms with Crippen molar-refractivity contribution >= 4 is 34.8 Å². The minimum absolute atomic E-state index is 0.0327. The van der Waals surface area contributed by atoms with Crippen LogP contribution in [0.25, 0.3) is 0 Å². The molecule has 0 saturated carbocycles. The first-order valence-electron chi connectivity index (χ1n) is 7.74. The van der Waals surface area contributed by atoms with Gasteiger partial charge < -0.3 is 19.5 Å². The molecule has 1 aliphatic rings. The van der Waals surface area contributed by atoms with Crippen molar-refractivity contribution in [1.29, 1.82) is 0 Å². The maximum absolute atomic E-state index is 12.5. The molecule has 5 nitrogen and oxygen atoms in total. The van der Waals surface area contributed by atoms with E-state index in [-0.39, 0.29) is 5.91 Å². The third kappa shape index (κ3) is 3.88. The Morgan fingerprint density at radius 2 is 1.83 bits per heavy atom. The summed E-state index contributed by atoms with van der Waals surface area (Å²) in [5, 5.41) is 4.34. The van der Waals surface area contributed by atoms with Crippen LogP contribution in [0.1, 0.15) is 16.1 Å². The van der Waals surface area contributed by atoms with Crippen LogP contribution in [0.5, 0.6) is 0 Å². The predicted octanol–water partition coefficient (Wildman–Crippen LogP) is 2.77. The van der Waals surface area contributed by atoms with E-state index in [1.54, 1.807) is 18.4 Å². The van der Waals surface area contributed by atoms with Crippen molar-refractivity contribution in [3.63, 3.8) is 0 Å². The number of carbonyl (C=O) groups is 1. The van der Waals surface area contributed by atoms with Gasteiger partial charge in [0, 0.05) is 26.2 Å². The lowest BCUT2D eigenvalue weighted by Gasteiger charge is -2.36. The van der Waals surface area contributed by atoms with Crippen LogP contribution in [0.15, 0.2) is 47.1 Å². The predicted molar refractivity (Wildman–Crippen MR) is 97.1 cm³/mol. The molecule has 3 rings (SSSR count). The molecule has 2 heterocycles. The summed E-state index contributed by atoms with van der Waals surface area (Å²) in [6, 6.07) is 10.9. The highest BCUT2D eigenvalue weighted by molar-refractivity contribution is 7.80. The second-order valence-corrected chi connectivity index (χ2v) is 6.29. The molecular weight excluding hydrogens is 346 g/mol. The molecule has 0 spiro atoms. The Labute approximate surface area is 151 Å². The van der Waals surface area contributed by atoms with Crippen LogP contribution in [0.4, 0.5) is 0 Å². The van der Waals surface area contributed by atoms with Gasteiger partial charge in [-0.2, -0.15) is 0 Å². The molecular formula is C17H18ClN3O2S. The lowest BCUT2D eigenvalue weighted by molar-refractivity contribution is 0.0691. The third-order valence-corrected chi connectivity index (χ3v) is 4.68. The van der Waals surface area contributed by atoms with E-state index >= 15 is 0 Å². The Balaban J connectivity index is 1.51. The van der Waals surface area contributed by atoms with Crippen molar-refractivity contribution in [2.75, 3.05) is 26.2 Å². The topological polar surface area (TPSA) is 48.7 Å². The van der Waals surface area contributed by atoms with E-state index in [9.17, 15) is 4.79 Å². The lowest BCUT2D eigenvalue weighted by atomic mass is 10.2. The van der Waals surface area contributed by atoms with Gasteiger partial charge in [-0.25, -0.2) is 0 Å². The maximum Gasteiger partial charge on any atom is 0.255 e. The van der Waals surface area contributed by atoms with Gasteiger partial charge in [0.1, 0.15) is 5.76 Å². The van der Waals surface area contributed by atoms with Crippen LogP contribution in [0.3, 0.4) is 0 Å². The van der Waals surface area contributed by atoms with E-state index in [0.29, 0.717) is 48.4 Å². The second kappa shape index (κ2) is 7.68. The van der Waals surface area contributed by atoms with Crippen molar-refractivity contribution in [2.45, 2.75) is 6.54 Å². The van der Waals surface area contributed by atoms with Crippen molar-refractivity contribution in [3.8, 4) is 0 Å². The summed E-state index contributed by atoms with van der Waals surface area (Å²) < 4.78 is 5.27. The highest BCUT2D eigenvalue weighted by Crippen LogP contribution is 2.18. The van der Waals surface area contributed by atoms with Gasteiger partial charge in [-0.3, -0.25) is 4.79 Å². The molecule has 0 radical (unpaired) electrons. The van der Waals surface area contributed by atoms with E-state index in [1.165, 1.54) is 0 Å². The number of benzene rings is 1. The summed E-state index contributed by atoms with van der Waals surface area (Å²) in [4.78, 5) is 16.4. The number of hydrogen-bond acceptors (Lipinski definition) is 3. The fraction of sp³-hybridized carbons (Fsp3) is 0.294. The molecule has 1 aromatic heterocycles. The summed E-state index contributed by atoms with van der Waals surface area (Å²) in [6.07, 6.45) is 1.64. The number of furan rings is 1. The molecule has 1 aromatic carbocycles. The van der Waals surface area contributed by atoms with Gasteiger partial charge in [0.2, 0.25) is 0 Å². The zero-order valence-corrected chi connectivity index (χ0v) is 14.6. The molecule has 1 amide bonds. The van der Waals surface area contributed by atoms with Crippen molar-refractivity contribution < 1.29 is 9.21 Å². The molecule has 0 unspecified atom stereocenters. The van der Waals surface area contributed by atoms with Crippen LogP contribution in [0.2, 0.25) is 5.02 Å². The fourth-order valence-corrected chi connectivity index (χ4v) is 3.08. The van der Waals surface area contributed by atoms with Crippen LogP contribution < -0.4 is 5.32 Å². The molecule has 0 aliphatic carbocycles. The van der Waals surface area contributed by atoms with E-state index in [4.69, 9.17) is 28.2 Å². The van der Waals surface area contributed by atoms with Gasteiger partial charge in [-0.05, 0) is 36.5 Å². The second-order valence-electron chi connectivity index (χ2n) is 5.50. The van der Waals surface area contributed by atoms with Gasteiger partial charge in [-0.1, -0.05) is 23.7 Å². The molecule has 24 heavy (non-hydrogen) atoms. The van der Waals surface area contributed by atoms with Crippen molar-refractivity contribution in [1.82, 2.24) is 15.1 Å². The normalized spacial score (nSPS) is 14.5. The van der Waals surface area contributed by atoms with E-state index in [0.717, 1.165) is 5.76 Å². The number of thiocarbonyl (C=S) groups is 1. The minimum atomic E-state index is -0.0327. The Morgan fingerprint density at radius 1 is 1.12 bits per heavy atom. The maximum atomic E-state index is 12.5. The van der Waals surface area contributed by atoms with Gasteiger partial charge in [-0.15, -0.1) is 0 Å². The van der Waals surface area contributed by atoms with Crippen molar-refractivity contribution in [3.05, 3.63) is 59.0 Å². The monoisotopic (exact) mass is 363 g/mol. The van der Waals surface area contributed by atoms with Crippen LogP contribution in [0, 0.1) is 0 Å². The summed E-state index contributed by atoms with van der Waals surface area (Å²) in [6.45, 7) is 3.18. The summed E-state index contributed by atoms with van der Waals surface area (Å²) in [5.74, 6) is 0.805. The highest BCUT2D eigenvalue weighted by atomic mass is 35.5. The molecule has 7 heteroatoms. The molecule has 0 atom stereocenters. The smallest absolute Gasteiger partial charge is 0.255 e. The largest absolute Gasteiger partial charge is 0.467 e. The third-order valence-electron chi connectivity index (χ3n) is 3.95. The van der Waals surface area contributed by atoms with Gasteiger partial charge in [0.15, 0.2) is 5.11 Å². The molecule has 1 fully saturated rings. The minimum Gasteiger partial charge on any atom is -0.467 e.